The summed E-state index contributed by atoms with van der Waals surface area (Å²) in [6.45, 7) is 2.00. The van der Waals surface area contributed by atoms with Crippen molar-refractivity contribution in [1.82, 2.24) is 5.32 Å². The Morgan fingerprint density at radius 1 is 0.775 bits per heavy atom. The van der Waals surface area contributed by atoms with Crippen LogP contribution in [0.4, 0.5) is 0 Å². The van der Waals surface area contributed by atoms with E-state index in [2.05, 4.69) is 102 Å². The maximum Gasteiger partial charge on any atom is 1.00 e. The first kappa shape index (κ1) is 30.9. The number of methoxy groups -OCH3 is 1. The topological polar surface area (TPSA) is 38.3 Å². The average molecular weight is 727 g/mol. The predicted octanol–water partition coefficient (Wildman–Crippen LogP) is 5.83. The van der Waals surface area contributed by atoms with Gasteiger partial charge >= 0.3 is 22.4 Å². The van der Waals surface area contributed by atoms with Gasteiger partial charge in [0.15, 0.2) is 0 Å². The molecule has 5 aromatic rings. The van der Waals surface area contributed by atoms with Crippen molar-refractivity contribution >= 4 is 40.5 Å². The van der Waals surface area contributed by atoms with Gasteiger partial charge in [0.25, 0.3) is 0 Å². The third-order valence-corrected chi connectivity index (χ3v) is 9.24. The smallest absolute Gasteiger partial charge is 0.692 e. The van der Waals surface area contributed by atoms with Crippen LogP contribution in [0.5, 0.6) is 5.75 Å². The molecule has 0 aliphatic carbocycles. The van der Waals surface area contributed by atoms with Crippen LogP contribution in [0.2, 0.25) is 0 Å². The van der Waals surface area contributed by atoms with E-state index in [-0.39, 0.29) is 40.8 Å². The summed E-state index contributed by atoms with van der Waals surface area (Å²) in [6, 6.07) is 44.3. The number of ether oxygens (including phenoxy) is 1. The summed E-state index contributed by atoms with van der Waals surface area (Å²) < 4.78 is 5.19. The zero-order valence-electron chi connectivity index (χ0n) is 22.5. The predicted molar refractivity (Wildman–Crippen MR) is 166 cm³/mol. The van der Waals surface area contributed by atoms with Gasteiger partial charge in [-0.05, 0) is 71.8 Å². The van der Waals surface area contributed by atoms with Gasteiger partial charge in [0.1, 0.15) is 21.7 Å². The molecule has 204 valence electrons. The van der Waals surface area contributed by atoms with Crippen molar-refractivity contribution in [2.45, 2.75) is 12.8 Å². The van der Waals surface area contributed by atoms with Gasteiger partial charge < -0.3 is 22.4 Å². The summed E-state index contributed by atoms with van der Waals surface area (Å²) in [4.78, 5) is 11.9. The summed E-state index contributed by atoms with van der Waals surface area (Å²) in [5, 5.41) is 9.09. The molecule has 0 fully saturated rings. The number of benzene rings is 5. The molecule has 1 amide bonds. The van der Waals surface area contributed by atoms with E-state index in [1.807, 2.05) is 43.3 Å². The van der Waals surface area contributed by atoms with Gasteiger partial charge in [0, 0.05) is 6.54 Å². The molecule has 5 rings (SSSR count). The molecule has 0 unspecified atom stereocenters. The molecule has 40 heavy (non-hydrogen) atoms. The van der Waals surface area contributed by atoms with E-state index in [0.29, 0.717) is 0 Å². The minimum atomic E-state index is -0.877. The second-order valence-corrected chi connectivity index (χ2v) is 11.5. The molecule has 1 atom stereocenters. The molecular formula is C35H32AuNO2P+. The molecule has 0 bridgehead atoms. The summed E-state index contributed by atoms with van der Waals surface area (Å²) in [7, 11) is 0.764. The van der Waals surface area contributed by atoms with E-state index < -0.39 is 7.92 Å². The number of carbonyl (C=O) groups excluding carboxylic acids is 1. The number of rotatable bonds is 7. The van der Waals surface area contributed by atoms with Gasteiger partial charge in [-0.3, -0.25) is 4.79 Å². The monoisotopic (exact) mass is 726 g/mol. The van der Waals surface area contributed by atoms with Crippen LogP contribution in [0.15, 0.2) is 127 Å². The first-order valence-corrected chi connectivity index (χ1v) is 14.4. The molecule has 0 heterocycles. The van der Waals surface area contributed by atoms with Gasteiger partial charge in [-0.25, -0.2) is 0 Å². The van der Waals surface area contributed by atoms with Crippen LogP contribution < -0.4 is 26.0 Å². The quantitative estimate of drug-likeness (QED) is 0.0993. The number of nitrogens with one attached hydrogen (secondary N) is 1. The summed E-state index contributed by atoms with van der Waals surface area (Å²) >= 11 is 0. The van der Waals surface area contributed by atoms with E-state index in [9.17, 15) is 4.79 Å². The molecule has 0 aromatic heterocycles. The average Bonchev–Trinajstić information content (AvgIpc) is 3.01. The van der Waals surface area contributed by atoms with E-state index in [4.69, 9.17) is 11.2 Å². The zero-order valence-corrected chi connectivity index (χ0v) is 25.7. The van der Waals surface area contributed by atoms with Crippen molar-refractivity contribution in [2.24, 2.45) is 0 Å². The fourth-order valence-corrected chi connectivity index (χ4v) is 6.97. The Morgan fingerprint density at radius 3 is 1.73 bits per heavy atom. The summed E-state index contributed by atoms with van der Waals surface area (Å²) in [5.41, 5.74) is 0.949. The van der Waals surface area contributed by atoms with E-state index in [1.165, 1.54) is 15.9 Å². The van der Waals surface area contributed by atoms with Crippen LogP contribution in [0.1, 0.15) is 18.4 Å². The van der Waals surface area contributed by atoms with Crippen LogP contribution in [0.3, 0.4) is 0 Å². The van der Waals surface area contributed by atoms with Gasteiger partial charge in [-0.2, -0.15) is 0 Å². The molecule has 0 saturated heterocycles. The molecule has 0 spiro atoms. The molecule has 0 radical (unpaired) electrons. The van der Waals surface area contributed by atoms with Crippen LogP contribution in [-0.4, -0.2) is 19.6 Å². The Morgan fingerprint density at radius 2 is 1.25 bits per heavy atom. The van der Waals surface area contributed by atoms with Crippen LogP contribution in [0, 0.1) is 12.3 Å². The fraction of sp³-hybridized carbons (Fsp3) is 0.114. The summed E-state index contributed by atoms with van der Waals surface area (Å²) in [5.74, 6) is 2.61. The van der Waals surface area contributed by atoms with Gasteiger partial charge in [0.2, 0.25) is 5.91 Å². The van der Waals surface area contributed by atoms with Gasteiger partial charge in [0.05, 0.1) is 20.9 Å². The van der Waals surface area contributed by atoms with E-state index >= 15 is 0 Å². The first-order valence-electron chi connectivity index (χ1n) is 12.9. The Hall–Kier alpha value is -3.64. The Balaban J connectivity index is 0.000000215. The fourth-order valence-electron chi connectivity index (χ4n) is 4.39. The number of hydrogen-bond donors (Lipinski definition) is 1. The van der Waals surface area contributed by atoms with Crippen molar-refractivity contribution < 1.29 is 31.9 Å². The van der Waals surface area contributed by atoms with E-state index in [0.717, 1.165) is 22.1 Å². The molecule has 0 aliphatic rings. The van der Waals surface area contributed by atoms with Crippen LogP contribution in [0.25, 0.3) is 10.8 Å². The van der Waals surface area contributed by atoms with Crippen molar-refractivity contribution in [3.8, 4) is 11.7 Å². The largest absolute Gasteiger partial charge is 1.00 e. The molecule has 3 nitrogen and oxygen atoms in total. The van der Waals surface area contributed by atoms with Gasteiger partial charge in [-0.15, -0.1) is 0 Å². The molecular weight excluding hydrogens is 694 g/mol. The molecule has 1 N–H and O–H groups in total. The Bertz CT molecular complexity index is 1440. The van der Waals surface area contributed by atoms with Crippen molar-refractivity contribution in [3.05, 3.63) is 139 Å². The standard InChI is InChI=1S/C18H15P.C17H16NO2.Au/c1-4-10-16(11-5-1)19(17-12-6-2-7-13-17)18-14-8-3-9-15-18;1-4-9-18-17(19)12(2)13-5-6-15-11-16(20-3)8-7-14(15)10-13;/h1-15H;5-8,10-12H,9H2,2-3H3,(H,18,19);/q;-1;+1/p+1/t;12-;/m.0./s1. The third-order valence-electron chi connectivity index (χ3n) is 6.50. The number of amides is 1. The van der Waals surface area contributed by atoms with Crippen molar-refractivity contribution in [2.75, 3.05) is 13.7 Å². The minimum Gasteiger partial charge on any atom is -0.692 e. The maximum absolute atomic E-state index is 11.9. The van der Waals surface area contributed by atoms with Crippen molar-refractivity contribution in [1.29, 1.82) is 0 Å². The number of fused-ring (bicyclic) bond motifs is 1. The zero-order chi connectivity index (χ0) is 27.5. The Kier molecular flexibility index (Phi) is 12.2. The van der Waals surface area contributed by atoms with Crippen LogP contribution in [-0.2, 0) is 27.2 Å². The molecule has 5 heteroatoms. The maximum atomic E-state index is 11.9. The van der Waals surface area contributed by atoms with Crippen molar-refractivity contribution in [3.63, 3.8) is 0 Å². The number of hydrogen-bond acceptors (Lipinski definition) is 2. The third kappa shape index (κ3) is 8.18. The molecule has 5 aromatic carbocycles. The minimum absolute atomic E-state index is 0. The van der Waals surface area contributed by atoms with Crippen LogP contribution >= 0.6 is 7.92 Å². The first-order chi connectivity index (χ1) is 19.1. The molecule has 0 saturated carbocycles. The second-order valence-electron chi connectivity index (χ2n) is 9.06. The van der Waals surface area contributed by atoms with Gasteiger partial charge in [-0.1, -0.05) is 78.9 Å². The summed E-state index contributed by atoms with van der Waals surface area (Å²) in [6.07, 6.45) is 6.81. The Labute approximate surface area is 254 Å². The van der Waals surface area contributed by atoms with E-state index in [1.54, 1.807) is 7.11 Å². The normalized spacial score (nSPS) is 10.8. The second kappa shape index (κ2) is 15.8. The number of carbonyl (C=O) groups is 1. The SMILES string of the molecule is [Au+].[C-]#CCNC(=O)[C@@H](C)c1ccc2cc(OC)ccc2c1.c1ccc([PH+](c2ccccc2)c2ccccc2)cc1. The molecule has 0 aliphatic heterocycles.